The average molecular weight is 265 g/mol. The van der Waals surface area contributed by atoms with Gasteiger partial charge in [0, 0.05) is 21.6 Å². The third-order valence-electron chi connectivity index (χ3n) is 2.50. The monoisotopic (exact) mass is 264 g/mol. The quantitative estimate of drug-likeness (QED) is 0.805. The molecule has 0 spiro atoms. The van der Waals surface area contributed by atoms with E-state index in [1.165, 1.54) is 0 Å². The maximum Gasteiger partial charge on any atom is 0.123 e. The van der Waals surface area contributed by atoms with Gasteiger partial charge >= 0.3 is 0 Å². The second kappa shape index (κ2) is 5.48. The number of fused-ring (bicyclic) bond motifs is 1. The molecule has 0 amide bonds. The number of benzene rings is 2. The van der Waals surface area contributed by atoms with Crippen molar-refractivity contribution < 1.29 is 5.11 Å². The van der Waals surface area contributed by atoms with Crippen molar-refractivity contribution in [3.8, 4) is 5.75 Å². The highest BCUT2D eigenvalue weighted by Gasteiger charge is 2.05. The summed E-state index contributed by atoms with van der Waals surface area (Å²) in [7, 11) is 0. The lowest BCUT2D eigenvalue weighted by molar-refractivity contribution is 0.481. The van der Waals surface area contributed by atoms with Crippen molar-refractivity contribution in [2.75, 3.05) is 5.75 Å². The molecule has 0 aliphatic rings. The van der Waals surface area contributed by atoms with Gasteiger partial charge in [0.25, 0.3) is 0 Å². The fraction of sp³-hybridized carbons (Fsp3) is 0.143. The molecular weight excluding hydrogens is 252 g/mol. The summed E-state index contributed by atoms with van der Waals surface area (Å²) in [6.45, 7) is 2.00. The normalized spacial score (nSPS) is 12.0. The summed E-state index contributed by atoms with van der Waals surface area (Å²) in [5.41, 5.74) is 2.74. The van der Waals surface area contributed by atoms with Crippen LogP contribution in [0.1, 0.15) is 6.92 Å². The Labute approximate surface area is 110 Å². The Morgan fingerprint density at radius 1 is 1.24 bits per heavy atom. The lowest BCUT2D eigenvalue weighted by atomic mass is 10.1. The van der Waals surface area contributed by atoms with Crippen molar-refractivity contribution in [1.82, 2.24) is 0 Å². The van der Waals surface area contributed by atoms with Crippen molar-refractivity contribution in [3.05, 3.63) is 47.5 Å². The fourth-order valence-corrected chi connectivity index (χ4v) is 2.74. The summed E-state index contributed by atoms with van der Waals surface area (Å²) >= 11 is 7.37. The highest BCUT2D eigenvalue weighted by molar-refractivity contribution is 7.99. The molecule has 2 rings (SSSR count). The van der Waals surface area contributed by atoms with E-state index in [1.54, 1.807) is 23.4 Å². The molecule has 1 nitrogen and oxygen atoms in total. The SMILES string of the molecule is C/C(=C/Cl)CSc1ccc(O)c2ccccc12. The Hall–Kier alpha value is -1.12. The predicted molar refractivity (Wildman–Crippen MR) is 75.9 cm³/mol. The average Bonchev–Trinajstić information content (AvgIpc) is 2.38. The molecule has 0 aliphatic carbocycles. The number of rotatable bonds is 3. The van der Waals surface area contributed by atoms with Gasteiger partial charge in [-0.2, -0.15) is 0 Å². The molecule has 3 heteroatoms. The lowest BCUT2D eigenvalue weighted by Crippen LogP contribution is -1.83. The summed E-state index contributed by atoms with van der Waals surface area (Å²) in [6.07, 6.45) is 0. The number of hydrogen-bond donors (Lipinski definition) is 1. The Morgan fingerprint density at radius 3 is 2.65 bits per heavy atom. The molecule has 1 N–H and O–H groups in total. The summed E-state index contributed by atoms with van der Waals surface area (Å²) in [5, 5.41) is 11.8. The van der Waals surface area contributed by atoms with Gasteiger partial charge in [-0.15, -0.1) is 11.8 Å². The molecule has 0 fully saturated rings. The van der Waals surface area contributed by atoms with Gasteiger partial charge < -0.3 is 5.11 Å². The van der Waals surface area contributed by atoms with Gasteiger partial charge in [-0.25, -0.2) is 0 Å². The van der Waals surface area contributed by atoms with Gasteiger partial charge in [0.2, 0.25) is 0 Å². The van der Waals surface area contributed by atoms with E-state index >= 15 is 0 Å². The molecule has 0 unspecified atom stereocenters. The number of aromatic hydroxyl groups is 1. The van der Waals surface area contributed by atoms with Crippen LogP contribution < -0.4 is 0 Å². The molecule has 17 heavy (non-hydrogen) atoms. The highest BCUT2D eigenvalue weighted by atomic mass is 35.5. The molecule has 0 saturated heterocycles. The van der Waals surface area contributed by atoms with Crippen LogP contribution in [0.5, 0.6) is 5.75 Å². The van der Waals surface area contributed by atoms with Gasteiger partial charge in [-0.1, -0.05) is 41.4 Å². The van der Waals surface area contributed by atoms with E-state index in [9.17, 15) is 5.11 Å². The minimum atomic E-state index is 0.328. The predicted octanol–water partition coefficient (Wildman–Crippen LogP) is 4.78. The van der Waals surface area contributed by atoms with Crippen molar-refractivity contribution >= 4 is 34.1 Å². The molecule has 2 aromatic carbocycles. The fourth-order valence-electron chi connectivity index (χ4n) is 1.60. The maximum absolute atomic E-state index is 9.78. The van der Waals surface area contributed by atoms with Crippen LogP contribution in [0.3, 0.4) is 0 Å². The zero-order valence-electron chi connectivity index (χ0n) is 9.48. The number of phenolic OH excluding ortho intramolecular Hbond substituents is 1. The van der Waals surface area contributed by atoms with E-state index < -0.39 is 0 Å². The molecule has 0 atom stereocenters. The van der Waals surface area contributed by atoms with Crippen LogP contribution >= 0.6 is 23.4 Å². The Kier molecular flexibility index (Phi) is 3.97. The first-order chi connectivity index (χ1) is 8.22. The van der Waals surface area contributed by atoms with E-state index in [1.807, 2.05) is 37.3 Å². The molecule has 0 radical (unpaired) electrons. The third kappa shape index (κ3) is 2.76. The number of hydrogen-bond acceptors (Lipinski definition) is 2. The largest absolute Gasteiger partial charge is 0.507 e. The van der Waals surface area contributed by atoms with Crippen molar-refractivity contribution in [3.63, 3.8) is 0 Å². The van der Waals surface area contributed by atoms with Gasteiger partial charge in [-0.3, -0.25) is 0 Å². The molecule has 88 valence electrons. The smallest absolute Gasteiger partial charge is 0.123 e. The van der Waals surface area contributed by atoms with Crippen LogP contribution in [-0.2, 0) is 0 Å². The minimum absolute atomic E-state index is 0.328. The van der Waals surface area contributed by atoms with Crippen molar-refractivity contribution in [1.29, 1.82) is 0 Å². The Morgan fingerprint density at radius 2 is 1.94 bits per heavy atom. The van der Waals surface area contributed by atoms with Crippen LogP contribution in [-0.4, -0.2) is 10.9 Å². The number of thioether (sulfide) groups is 1. The van der Waals surface area contributed by atoms with E-state index in [2.05, 4.69) is 0 Å². The van der Waals surface area contributed by atoms with Crippen molar-refractivity contribution in [2.24, 2.45) is 0 Å². The first-order valence-corrected chi connectivity index (χ1v) is 6.74. The van der Waals surface area contributed by atoms with Crippen LogP contribution in [0.15, 0.2) is 52.4 Å². The zero-order chi connectivity index (χ0) is 12.3. The highest BCUT2D eigenvalue weighted by Crippen LogP contribution is 2.33. The Bertz CT molecular complexity index is 563. The minimum Gasteiger partial charge on any atom is -0.507 e. The van der Waals surface area contributed by atoms with Gasteiger partial charge in [0.1, 0.15) is 5.75 Å². The molecule has 0 saturated carbocycles. The van der Waals surface area contributed by atoms with Crippen LogP contribution in [0.4, 0.5) is 0 Å². The van der Waals surface area contributed by atoms with Gasteiger partial charge in [0.15, 0.2) is 0 Å². The van der Waals surface area contributed by atoms with Crippen LogP contribution in [0.2, 0.25) is 0 Å². The summed E-state index contributed by atoms with van der Waals surface area (Å²) in [6, 6.07) is 11.6. The van der Waals surface area contributed by atoms with Crippen molar-refractivity contribution in [2.45, 2.75) is 11.8 Å². The second-order valence-corrected chi connectivity index (χ2v) is 5.11. The van der Waals surface area contributed by atoms with Gasteiger partial charge in [-0.05, 0) is 24.4 Å². The lowest BCUT2D eigenvalue weighted by Gasteiger charge is -2.07. The zero-order valence-corrected chi connectivity index (χ0v) is 11.1. The summed E-state index contributed by atoms with van der Waals surface area (Å²) in [4.78, 5) is 1.16. The topological polar surface area (TPSA) is 20.2 Å². The van der Waals surface area contributed by atoms with E-state index in [4.69, 9.17) is 11.6 Å². The third-order valence-corrected chi connectivity index (χ3v) is 4.14. The second-order valence-electron chi connectivity index (χ2n) is 3.87. The molecule has 2 aromatic rings. The molecular formula is C14H13ClOS. The summed E-state index contributed by atoms with van der Waals surface area (Å²) < 4.78 is 0. The Balaban J connectivity index is 2.38. The van der Waals surface area contributed by atoms with E-state index in [0.29, 0.717) is 5.75 Å². The number of halogens is 1. The summed E-state index contributed by atoms with van der Waals surface area (Å²) in [5.74, 6) is 1.19. The first-order valence-electron chi connectivity index (χ1n) is 5.31. The maximum atomic E-state index is 9.78. The molecule has 0 aromatic heterocycles. The van der Waals surface area contributed by atoms with Crippen LogP contribution in [0.25, 0.3) is 10.8 Å². The number of phenols is 1. The van der Waals surface area contributed by atoms with E-state index in [-0.39, 0.29) is 0 Å². The molecule has 0 heterocycles. The molecule has 0 bridgehead atoms. The van der Waals surface area contributed by atoms with Gasteiger partial charge in [0.05, 0.1) is 0 Å². The van der Waals surface area contributed by atoms with Crippen LogP contribution in [0, 0.1) is 0 Å². The first kappa shape index (κ1) is 12.3. The van der Waals surface area contributed by atoms with E-state index in [0.717, 1.165) is 27.0 Å². The molecule has 0 aliphatic heterocycles. The standard InChI is InChI=1S/C14H13ClOS/c1-10(8-15)9-17-14-7-6-13(16)11-4-2-3-5-12(11)14/h2-8,16H,9H2,1H3/b10-8-.